The Hall–Kier alpha value is -2.98. The molecule has 1 N–H and O–H groups in total. The van der Waals surface area contributed by atoms with E-state index in [2.05, 4.69) is 42.3 Å². The fourth-order valence-electron chi connectivity index (χ4n) is 4.97. The molecule has 1 aliphatic rings. The minimum absolute atomic E-state index is 0.0458. The van der Waals surface area contributed by atoms with E-state index in [-0.39, 0.29) is 17.8 Å². The Kier molecular flexibility index (Phi) is 8.12. The molecule has 1 aliphatic carbocycles. The van der Waals surface area contributed by atoms with Crippen molar-refractivity contribution < 1.29 is 9.18 Å². The van der Waals surface area contributed by atoms with Gasteiger partial charge in [-0.05, 0) is 97.3 Å². The molecule has 0 saturated carbocycles. The minimum Gasteiger partial charge on any atom is -0.345 e. The lowest BCUT2D eigenvalue weighted by Crippen LogP contribution is -2.31. The number of carbonyl (C=O) groups is 1. The van der Waals surface area contributed by atoms with Crippen molar-refractivity contribution in [3.05, 3.63) is 94.8 Å². The molecule has 34 heavy (non-hydrogen) atoms. The number of hydrogen-bond acceptors (Lipinski definition) is 2. The Balaban J connectivity index is 1.43. The summed E-state index contributed by atoms with van der Waals surface area (Å²) in [6.07, 6.45) is 5.46. The molecule has 3 aromatic carbocycles. The van der Waals surface area contributed by atoms with Crippen molar-refractivity contribution in [1.29, 1.82) is 0 Å². The standard InChI is InChI=1S/C30H35FN2O/c1-3-18-33(19-4-2)21-22-8-17-28-26(20-22)6-5-7-29(28)32-30(34)25-11-9-23(10-12-25)24-13-15-27(31)16-14-24/h8-17,20,29H,3-7,18-19,21H2,1-2H3,(H,32,34). The molecule has 1 amide bonds. The minimum atomic E-state index is -0.251. The molecule has 178 valence electrons. The van der Waals surface area contributed by atoms with E-state index in [0.717, 1.165) is 50.0 Å². The maximum Gasteiger partial charge on any atom is 0.251 e. The van der Waals surface area contributed by atoms with E-state index in [4.69, 9.17) is 0 Å². The van der Waals surface area contributed by atoms with Crippen molar-refractivity contribution >= 4 is 5.91 Å². The summed E-state index contributed by atoms with van der Waals surface area (Å²) in [5, 5.41) is 3.26. The third-order valence-corrected chi connectivity index (χ3v) is 6.64. The Bertz CT molecular complexity index is 1090. The summed E-state index contributed by atoms with van der Waals surface area (Å²) < 4.78 is 13.2. The van der Waals surface area contributed by atoms with E-state index in [1.807, 2.05) is 24.3 Å². The van der Waals surface area contributed by atoms with Gasteiger partial charge in [0, 0.05) is 12.1 Å². The molecule has 0 spiro atoms. The molecule has 0 aromatic heterocycles. The molecule has 3 nitrogen and oxygen atoms in total. The highest BCUT2D eigenvalue weighted by Crippen LogP contribution is 2.31. The van der Waals surface area contributed by atoms with Crippen LogP contribution in [0, 0.1) is 5.82 Å². The third-order valence-electron chi connectivity index (χ3n) is 6.64. The van der Waals surface area contributed by atoms with E-state index in [1.165, 1.54) is 41.7 Å². The number of rotatable bonds is 9. The van der Waals surface area contributed by atoms with E-state index in [1.54, 1.807) is 12.1 Å². The first-order chi connectivity index (χ1) is 16.6. The Morgan fingerprint density at radius 2 is 1.59 bits per heavy atom. The smallest absolute Gasteiger partial charge is 0.251 e. The molecule has 4 rings (SSSR count). The predicted molar refractivity (Wildman–Crippen MR) is 137 cm³/mol. The van der Waals surface area contributed by atoms with Crippen molar-refractivity contribution in [2.24, 2.45) is 0 Å². The quantitative estimate of drug-likeness (QED) is 0.377. The van der Waals surface area contributed by atoms with Crippen LogP contribution in [0.5, 0.6) is 0 Å². The van der Waals surface area contributed by atoms with Crippen LogP contribution in [0.2, 0.25) is 0 Å². The summed E-state index contributed by atoms with van der Waals surface area (Å²) in [6, 6.07) is 20.8. The topological polar surface area (TPSA) is 32.3 Å². The Morgan fingerprint density at radius 3 is 2.24 bits per heavy atom. The Morgan fingerprint density at radius 1 is 0.941 bits per heavy atom. The fourth-order valence-corrected chi connectivity index (χ4v) is 4.97. The van der Waals surface area contributed by atoms with Gasteiger partial charge < -0.3 is 5.32 Å². The maximum absolute atomic E-state index is 13.2. The van der Waals surface area contributed by atoms with Gasteiger partial charge in [0.25, 0.3) is 5.91 Å². The van der Waals surface area contributed by atoms with Crippen LogP contribution in [0.3, 0.4) is 0 Å². The second-order valence-corrected chi connectivity index (χ2v) is 9.31. The van der Waals surface area contributed by atoms with Gasteiger partial charge in [-0.3, -0.25) is 9.69 Å². The van der Waals surface area contributed by atoms with Crippen LogP contribution in [0.4, 0.5) is 4.39 Å². The van der Waals surface area contributed by atoms with Gasteiger partial charge in [0.15, 0.2) is 0 Å². The van der Waals surface area contributed by atoms with Gasteiger partial charge in [0.2, 0.25) is 0 Å². The Labute approximate surface area is 203 Å². The largest absolute Gasteiger partial charge is 0.345 e. The second kappa shape index (κ2) is 11.4. The summed E-state index contributed by atoms with van der Waals surface area (Å²) in [5.74, 6) is -0.302. The molecule has 1 unspecified atom stereocenters. The average molecular weight is 459 g/mol. The number of halogens is 1. The van der Waals surface area contributed by atoms with Crippen LogP contribution in [0.25, 0.3) is 11.1 Å². The van der Waals surface area contributed by atoms with Crippen molar-refractivity contribution in [1.82, 2.24) is 10.2 Å². The highest BCUT2D eigenvalue weighted by molar-refractivity contribution is 5.95. The van der Waals surface area contributed by atoms with Crippen molar-refractivity contribution in [2.75, 3.05) is 13.1 Å². The molecule has 4 heteroatoms. The summed E-state index contributed by atoms with van der Waals surface area (Å²) in [6.45, 7) is 7.72. The zero-order chi connectivity index (χ0) is 23.9. The van der Waals surface area contributed by atoms with Gasteiger partial charge in [-0.2, -0.15) is 0 Å². The molecular weight excluding hydrogens is 423 g/mol. The van der Waals surface area contributed by atoms with Crippen LogP contribution >= 0.6 is 0 Å². The van der Waals surface area contributed by atoms with Gasteiger partial charge in [0.05, 0.1) is 6.04 Å². The van der Waals surface area contributed by atoms with Gasteiger partial charge >= 0.3 is 0 Å². The van der Waals surface area contributed by atoms with Crippen LogP contribution in [-0.2, 0) is 13.0 Å². The molecule has 0 bridgehead atoms. The van der Waals surface area contributed by atoms with E-state index in [9.17, 15) is 9.18 Å². The first kappa shape index (κ1) is 24.2. The third kappa shape index (κ3) is 5.92. The maximum atomic E-state index is 13.2. The van der Waals surface area contributed by atoms with Crippen molar-refractivity contribution in [2.45, 2.75) is 58.5 Å². The van der Waals surface area contributed by atoms with E-state index < -0.39 is 0 Å². The summed E-state index contributed by atoms with van der Waals surface area (Å²) in [5.41, 5.74) is 6.53. The highest BCUT2D eigenvalue weighted by atomic mass is 19.1. The van der Waals surface area contributed by atoms with Gasteiger partial charge in [-0.25, -0.2) is 4.39 Å². The number of nitrogens with one attached hydrogen (secondary N) is 1. The monoisotopic (exact) mass is 458 g/mol. The normalized spacial score (nSPS) is 15.2. The van der Waals surface area contributed by atoms with Crippen LogP contribution in [0.1, 0.15) is 72.6 Å². The summed E-state index contributed by atoms with van der Waals surface area (Å²) in [4.78, 5) is 15.5. The lowest BCUT2D eigenvalue weighted by Gasteiger charge is -2.28. The molecule has 0 fully saturated rings. The molecule has 0 saturated heterocycles. The van der Waals surface area contributed by atoms with E-state index >= 15 is 0 Å². The predicted octanol–water partition coefficient (Wildman–Crippen LogP) is 6.92. The molecular formula is C30H35FN2O. The number of amides is 1. The molecule has 3 aromatic rings. The first-order valence-corrected chi connectivity index (χ1v) is 12.6. The summed E-state index contributed by atoms with van der Waals surface area (Å²) >= 11 is 0. The molecule has 0 radical (unpaired) electrons. The van der Waals surface area contributed by atoms with Gasteiger partial charge in [0.1, 0.15) is 5.82 Å². The average Bonchev–Trinajstić information content (AvgIpc) is 2.85. The number of hydrogen-bond donors (Lipinski definition) is 1. The molecule has 1 atom stereocenters. The highest BCUT2D eigenvalue weighted by Gasteiger charge is 2.23. The number of benzene rings is 3. The zero-order valence-electron chi connectivity index (χ0n) is 20.3. The van der Waals surface area contributed by atoms with Crippen LogP contribution in [-0.4, -0.2) is 23.9 Å². The van der Waals surface area contributed by atoms with Crippen molar-refractivity contribution in [3.63, 3.8) is 0 Å². The van der Waals surface area contributed by atoms with Crippen molar-refractivity contribution in [3.8, 4) is 11.1 Å². The van der Waals surface area contributed by atoms with E-state index in [0.29, 0.717) is 5.56 Å². The number of carbonyl (C=O) groups excluding carboxylic acids is 1. The fraction of sp³-hybridized carbons (Fsp3) is 0.367. The molecule has 0 aliphatic heterocycles. The number of nitrogens with zero attached hydrogens (tertiary/aromatic N) is 1. The number of aryl methyl sites for hydroxylation is 1. The zero-order valence-corrected chi connectivity index (χ0v) is 20.3. The second-order valence-electron chi connectivity index (χ2n) is 9.31. The summed E-state index contributed by atoms with van der Waals surface area (Å²) in [7, 11) is 0. The van der Waals surface area contributed by atoms with Gasteiger partial charge in [-0.15, -0.1) is 0 Å². The van der Waals surface area contributed by atoms with Crippen LogP contribution in [0.15, 0.2) is 66.7 Å². The molecule has 0 heterocycles. The lowest BCUT2D eigenvalue weighted by atomic mass is 9.86. The van der Waals surface area contributed by atoms with Crippen LogP contribution < -0.4 is 5.32 Å². The number of fused-ring (bicyclic) bond motifs is 1. The van der Waals surface area contributed by atoms with Gasteiger partial charge in [-0.1, -0.05) is 56.3 Å². The first-order valence-electron chi connectivity index (χ1n) is 12.6. The SMILES string of the molecule is CCCN(CCC)Cc1ccc2c(c1)CCCC2NC(=O)c1ccc(-c2ccc(F)cc2)cc1. The lowest BCUT2D eigenvalue weighted by molar-refractivity contribution is 0.0932.